The zero-order valence-electron chi connectivity index (χ0n) is 15.9. The number of likely N-dealkylation sites (N-methyl/N-ethyl adjacent to an activating group) is 1. The van der Waals surface area contributed by atoms with Crippen LogP contribution >= 0.6 is 27.3 Å². The minimum atomic E-state index is -0.0391. The molecule has 27 heavy (non-hydrogen) atoms. The average Bonchev–Trinajstić information content (AvgIpc) is 3.13. The molecule has 142 valence electrons. The maximum absolute atomic E-state index is 12.5. The molecule has 0 bridgehead atoms. The molecule has 1 N–H and O–H groups in total. The van der Waals surface area contributed by atoms with E-state index in [9.17, 15) is 4.79 Å². The highest BCUT2D eigenvalue weighted by Gasteiger charge is 2.16. The summed E-state index contributed by atoms with van der Waals surface area (Å²) in [6.45, 7) is 7.01. The van der Waals surface area contributed by atoms with Crippen molar-refractivity contribution in [3.05, 3.63) is 62.0 Å². The van der Waals surface area contributed by atoms with Crippen molar-refractivity contribution < 1.29 is 4.79 Å². The van der Waals surface area contributed by atoms with Crippen molar-refractivity contribution in [1.29, 1.82) is 0 Å². The SMILES string of the molecule is Cc1ccc(-n2nc(C)c(NC(=O)CN(C)Cc3cc(Br)cs3)c2C)cc1. The van der Waals surface area contributed by atoms with Gasteiger partial charge in [0.15, 0.2) is 0 Å². The summed E-state index contributed by atoms with van der Waals surface area (Å²) in [5.41, 5.74) is 4.71. The number of halogens is 1. The van der Waals surface area contributed by atoms with Gasteiger partial charge in [-0.1, -0.05) is 17.7 Å². The summed E-state index contributed by atoms with van der Waals surface area (Å²) < 4.78 is 2.95. The molecule has 0 atom stereocenters. The number of rotatable bonds is 6. The van der Waals surface area contributed by atoms with E-state index in [0.717, 1.165) is 33.8 Å². The first-order valence-electron chi connectivity index (χ1n) is 8.68. The quantitative estimate of drug-likeness (QED) is 0.597. The van der Waals surface area contributed by atoms with Crippen molar-refractivity contribution in [2.45, 2.75) is 27.3 Å². The second kappa shape index (κ2) is 8.37. The molecule has 3 aromatic rings. The summed E-state index contributed by atoms with van der Waals surface area (Å²) in [6.07, 6.45) is 0. The van der Waals surface area contributed by atoms with Gasteiger partial charge in [-0.25, -0.2) is 4.68 Å². The van der Waals surface area contributed by atoms with Gasteiger partial charge in [0, 0.05) is 21.3 Å². The number of anilines is 1. The Labute approximate surface area is 172 Å². The normalized spacial score (nSPS) is 11.2. The van der Waals surface area contributed by atoms with Gasteiger partial charge in [-0.05, 0) is 61.9 Å². The maximum Gasteiger partial charge on any atom is 0.238 e. The largest absolute Gasteiger partial charge is 0.322 e. The van der Waals surface area contributed by atoms with E-state index in [1.807, 2.05) is 42.6 Å². The summed E-state index contributed by atoms with van der Waals surface area (Å²) in [4.78, 5) is 15.7. The molecule has 7 heteroatoms. The van der Waals surface area contributed by atoms with Crippen LogP contribution in [0.1, 0.15) is 21.8 Å². The third-order valence-electron chi connectivity index (χ3n) is 4.30. The predicted molar refractivity (Wildman–Crippen MR) is 115 cm³/mol. The summed E-state index contributed by atoms with van der Waals surface area (Å²) in [6, 6.07) is 10.3. The summed E-state index contributed by atoms with van der Waals surface area (Å²) >= 11 is 5.14. The van der Waals surface area contributed by atoms with Gasteiger partial charge in [-0.2, -0.15) is 5.10 Å². The van der Waals surface area contributed by atoms with Gasteiger partial charge >= 0.3 is 0 Å². The Morgan fingerprint density at radius 3 is 2.59 bits per heavy atom. The van der Waals surface area contributed by atoms with Crippen LogP contribution < -0.4 is 5.32 Å². The molecule has 0 aliphatic carbocycles. The number of nitrogens with one attached hydrogen (secondary N) is 1. The second-order valence-corrected chi connectivity index (χ2v) is 8.66. The van der Waals surface area contributed by atoms with Gasteiger partial charge in [0.25, 0.3) is 0 Å². The molecule has 5 nitrogen and oxygen atoms in total. The lowest BCUT2D eigenvalue weighted by Crippen LogP contribution is -2.29. The molecule has 0 unspecified atom stereocenters. The van der Waals surface area contributed by atoms with Crippen molar-refractivity contribution in [2.24, 2.45) is 0 Å². The van der Waals surface area contributed by atoms with E-state index >= 15 is 0 Å². The van der Waals surface area contributed by atoms with Crippen LogP contribution in [-0.2, 0) is 11.3 Å². The molecular formula is C20H23BrN4OS. The number of amides is 1. The van der Waals surface area contributed by atoms with Crippen molar-refractivity contribution in [2.75, 3.05) is 18.9 Å². The summed E-state index contributed by atoms with van der Waals surface area (Å²) in [7, 11) is 1.95. The summed E-state index contributed by atoms with van der Waals surface area (Å²) in [5.74, 6) is -0.0391. The lowest BCUT2D eigenvalue weighted by Gasteiger charge is -2.15. The molecule has 0 saturated heterocycles. The Morgan fingerprint density at radius 2 is 1.96 bits per heavy atom. The molecule has 1 amide bonds. The predicted octanol–water partition coefficient (Wildman–Crippen LogP) is 4.69. The molecule has 2 heterocycles. The first-order chi connectivity index (χ1) is 12.8. The van der Waals surface area contributed by atoms with E-state index in [4.69, 9.17) is 0 Å². The van der Waals surface area contributed by atoms with Crippen LogP contribution in [0.2, 0.25) is 0 Å². The van der Waals surface area contributed by atoms with Crippen LogP contribution in [0.4, 0.5) is 5.69 Å². The molecule has 0 aliphatic rings. The molecular weight excluding hydrogens is 424 g/mol. The minimum Gasteiger partial charge on any atom is -0.322 e. The second-order valence-electron chi connectivity index (χ2n) is 6.74. The first kappa shape index (κ1) is 19.8. The van der Waals surface area contributed by atoms with Crippen molar-refractivity contribution in [3.63, 3.8) is 0 Å². The van der Waals surface area contributed by atoms with Crippen molar-refractivity contribution in [3.8, 4) is 5.69 Å². The summed E-state index contributed by atoms with van der Waals surface area (Å²) in [5, 5.41) is 9.68. The Bertz CT molecular complexity index is 946. The minimum absolute atomic E-state index is 0.0391. The standard InChI is InChI=1S/C20H23BrN4OS/c1-13-5-7-17(8-6-13)25-15(3)20(14(2)23-25)22-19(26)11-24(4)10-18-9-16(21)12-27-18/h5-9,12H,10-11H2,1-4H3,(H,22,26). The Morgan fingerprint density at radius 1 is 1.26 bits per heavy atom. The molecule has 0 radical (unpaired) electrons. The number of carbonyl (C=O) groups excluding carboxylic acids is 1. The lowest BCUT2D eigenvalue weighted by molar-refractivity contribution is -0.117. The topological polar surface area (TPSA) is 50.2 Å². The van der Waals surface area contributed by atoms with Gasteiger partial charge in [0.2, 0.25) is 5.91 Å². The molecule has 3 rings (SSSR count). The van der Waals surface area contributed by atoms with E-state index < -0.39 is 0 Å². The maximum atomic E-state index is 12.5. The monoisotopic (exact) mass is 446 g/mol. The van der Waals surface area contributed by atoms with Crippen LogP contribution in [0.25, 0.3) is 5.69 Å². The number of hydrogen-bond donors (Lipinski definition) is 1. The molecule has 0 aliphatic heterocycles. The Balaban J connectivity index is 1.68. The zero-order valence-corrected chi connectivity index (χ0v) is 18.3. The van der Waals surface area contributed by atoms with E-state index in [1.165, 1.54) is 10.4 Å². The molecule has 1 aromatic carbocycles. The fraction of sp³-hybridized carbons (Fsp3) is 0.300. The van der Waals surface area contributed by atoms with E-state index in [1.54, 1.807) is 11.3 Å². The number of nitrogens with zero attached hydrogens (tertiary/aromatic N) is 3. The number of hydrogen-bond acceptors (Lipinski definition) is 4. The number of thiophene rings is 1. The lowest BCUT2D eigenvalue weighted by atomic mass is 10.2. The van der Waals surface area contributed by atoms with Crippen LogP contribution in [0.5, 0.6) is 0 Å². The zero-order chi connectivity index (χ0) is 19.6. The highest BCUT2D eigenvalue weighted by atomic mass is 79.9. The highest BCUT2D eigenvalue weighted by molar-refractivity contribution is 9.10. The molecule has 2 aromatic heterocycles. The number of aromatic nitrogens is 2. The third-order valence-corrected chi connectivity index (χ3v) is 5.98. The van der Waals surface area contributed by atoms with Crippen molar-refractivity contribution in [1.82, 2.24) is 14.7 Å². The van der Waals surface area contributed by atoms with Crippen LogP contribution in [0.15, 0.2) is 40.2 Å². The highest BCUT2D eigenvalue weighted by Crippen LogP contribution is 2.23. The molecule has 0 fully saturated rings. The van der Waals surface area contributed by atoms with Gasteiger partial charge in [0.1, 0.15) is 0 Å². The van der Waals surface area contributed by atoms with E-state index in [-0.39, 0.29) is 5.91 Å². The molecule has 0 spiro atoms. The Kier molecular flexibility index (Phi) is 6.14. The number of benzene rings is 1. The first-order valence-corrected chi connectivity index (χ1v) is 10.4. The van der Waals surface area contributed by atoms with E-state index in [0.29, 0.717) is 6.54 Å². The van der Waals surface area contributed by atoms with Crippen molar-refractivity contribution >= 4 is 38.9 Å². The van der Waals surface area contributed by atoms with Crippen LogP contribution in [0.3, 0.4) is 0 Å². The number of aryl methyl sites for hydroxylation is 2. The van der Waals surface area contributed by atoms with E-state index in [2.05, 4.69) is 56.8 Å². The Hall–Kier alpha value is -1.96. The van der Waals surface area contributed by atoms with Gasteiger partial charge in [-0.3, -0.25) is 9.69 Å². The fourth-order valence-corrected chi connectivity index (χ4v) is 4.47. The van der Waals surface area contributed by atoms with Gasteiger partial charge in [0.05, 0.1) is 29.3 Å². The van der Waals surface area contributed by atoms with Crippen LogP contribution in [-0.4, -0.2) is 34.2 Å². The van der Waals surface area contributed by atoms with Gasteiger partial charge < -0.3 is 5.32 Å². The molecule has 0 saturated carbocycles. The van der Waals surface area contributed by atoms with Crippen LogP contribution in [0, 0.1) is 20.8 Å². The van der Waals surface area contributed by atoms with Gasteiger partial charge in [-0.15, -0.1) is 11.3 Å². The smallest absolute Gasteiger partial charge is 0.238 e. The average molecular weight is 447 g/mol. The number of carbonyl (C=O) groups is 1. The fourth-order valence-electron chi connectivity index (χ4n) is 2.94. The third kappa shape index (κ3) is 4.86.